The molecule has 4 aromatic rings. The minimum Gasteiger partial charge on any atom is -0.468 e. The van der Waals surface area contributed by atoms with Crippen molar-refractivity contribution in [3.05, 3.63) is 96.1 Å². The molecule has 0 bridgehead atoms. The Morgan fingerprint density at radius 1 is 0.971 bits per heavy atom. The fourth-order valence-electron chi connectivity index (χ4n) is 4.23. The summed E-state index contributed by atoms with van der Waals surface area (Å²) >= 11 is 0. The van der Waals surface area contributed by atoms with Gasteiger partial charge in [0.1, 0.15) is 11.5 Å². The Balaban J connectivity index is 1.71. The summed E-state index contributed by atoms with van der Waals surface area (Å²) in [4.78, 5) is 2.22. The minimum absolute atomic E-state index is 0.405. The van der Waals surface area contributed by atoms with Crippen LogP contribution in [-0.4, -0.2) is 32.4 Å². The van der Waals surface area contributed by atoms with E-state index in [1.165, 1.54) is 0 Å². The van der Waals surface area contributed by atoms with Crippen LogP contribution in [0.15, 0.2) is 83.5 Å². The van der Waals surface area contributed by atoms with Gasteiger partial charge in [-0.25, -0.2) is 4.68 Å². The van der Waals surface area contributed by atoms with Crippen molar-refractivity contribution in [2.75, 3.05) is 6.54 Å². The first kappa shape index (κ1) is 24.8. The Bertz CT molecular complexity index is 1140. The van der Waals surface area contributed by atoms with Crippen molar-refractivity contribution in [2.24, 2.45) is 0 Å². The van der Waals surface area contributed by atoms with Gasteiger partial charge in [-0.3, -0.25) is 4.90 Å². The van der Waals surface area contributed by atoms with Crippen LogP contribution in [0.5, 0.6) is 11.6 Å². The van der Waals surface area contributed by atoms with Crippen LogP contribution in [0.25, 0.3) is 5.69 Å². The predicted molar refractivity (Wildman–Crippen MR) is 138 cm³/mol. The number of benzene rings is 2. The molecule has 6 heteroatoms. The first-order chi connectivity index (χ1) is 17.2. The van der Waals surface area contributed by atoms with Gasteiger partial charge < -0.3 is 14.3 Å². The highest BCUT2D eigenvalue weighted by Gasteiger charge is 2.24. The third kappa shape index (κ3) is 6.62. The first-order valence-corrected chi connectivity index (χ1v) is 12.5. The van der Waals surface area contributed by atoms with Gasteiger partial charge in [0.15, 0.2) is 0 Å². The van der Waals surface area contributed by atoms with Gasteiger partial charge in [0.25, 0.3) is 0 Å². The smallest absolute Gasteiger partial charge is 0.227 e. The SMILES string of the molecule is CCCCC(O)CN(Cc1ccco1)Cc1c(CC)nn(-c2ccccc2)c1Oc1ccccc1. The van der Waals surface area contributed by atoms with E-state index >= 15 is 0 Å². The monoisotopic (exact) mass is 473 g/mol. The van der Waals surface area contributed by atoms with E-state index in [9.17, 15) is 5.11 Å². The molecule has 0 aliphatic carbocycles. The van der Waals surface area contributed by atoms with Crippen LogP contribution in [0.3, 0.4) is 0 Å². The molecule has 2 aromatic heterocycles. The minimum atomic E-state index is -0.405. The molecule has 0 radical (unpaired) electrons. The number of hydrogen-bond donors (Lipinski definition) is 1. The molecule has 0 aliphatic heterocycles. The lowest BCUT2D eigenvalue weighted by Crippen LogP contribution is -2.32. The topological polar surface area (TPSA) is 63.7 Å². The van der Waals surface area contributed by atoms with Gasteiger partial charge in [-0.15, -0.1) is 0 Å². The van der Waals surface area contributed by atoms with Crippen molar-refractivity contribution >= 4 is 0 Å². The second-order valence-electron chi connectivity index (χ2n) is 8.79. The lowest BCUT2D eigenvalue weighted by molar-refractivity contribution is 0.0915. The van der Waals surface area contributed by atoms with E-state index in [2.05, 4.69) is 18.7 Å². The van der Waals surface area contributed by atoms with Gasteiger partial charge in [0, 0.05) is 13.1 Å². The molecule has 2 heterocycles. The molecule has 6 nitrogen and oxygen atoms in total. The van der Waals surface area contributed by atoms with Crippen LogP contribution in [-0.2, 0) is 19.5 Å². The molecular weight excluding hydrogens is 438 g/mol. The zero-order chi connectivity index (χ0) is 24.5. The van der Waals surface area contributed by atoms with Crippen molar-refractivity contribution in [2.45, 2.75) is 58.7 Å². The van der Waals surface area contributed by atoms with Crippen LogP contribution >= 0.6 is 0 Å². The number of nitrogens with zero attached hydrogens (tertiary/aromatic N) is 3. The summed E-state index contributed by atoms with van der Waals surface area (Å²) in [6.45, 7) is 5.99. The van der Waals surface area contributed by atoms with E-state index in [1.807, 2.05) is 77.5 Å². The Hall–Kier alpha value is -3.35. The maximum atomic E-state index is 10.7. The standard InChI is InChI=1S/C29H35N3O3/c1-3-5-15-24(33)20-31(21-26-18-12-19-34-26)22-27-28(4-2)30-32(23-13-8-6-9-14-23)29(27)35-25-16-10-7-11-17-25/h6-14,16-19,24,33H,3-5,15,20-22H2,1-2H3. The van der Waals surface area contributed by atoms with E-state index in [0.29, 0.717) is 25.5 Å². The molecule has 1 atom stereocenters. The molecule has 0 fully saturated rings. The van der Waals surface area contributed by atoms with E-state index in [-0.39, 0.29) is 0 Å². The normalized spacial score (nSPS) is 12.2. The number of unbranched alkanes of at least 4 members (excludes halogenated alkanes) is 1. The second-order valence-corrected chi connectivity index (χ2v) is 8.79. The van der Waals surface area contributed by atoms with Crippen molar-refractivity contribution < 1.29 is 14.3 Å². The maximum Gasteiger partial charge on any atom is 0.227 e. The van der Waals surface area contributed by atoms with Gasteiger partial charge in [0.05, 0.1) is 35.9 Å². The van der Waals surface area contributed by atoms with Crippen LogP contribution in [0.1, 0.15) is 50.1 Å². The average molecular weight is 474 g/mol. The largest absolute Gasteiger partial charge is 0.468 e. The van der Waals surface area contributed by atoms with Crippen LogP contribution < -0.4 is 4.74 Å². The number of aromatic nitrogens is 2. The zero-order valence-corrected chi connectivity index (χ0v) is 20.6. The zero-order valence-electron chi connectivity index (χ0n) is 20.6. The second kappa shape index (κ2) is 12.4. The number of ether oxygens (including phenoxy) is 1. The average Bonchev–Trinajstić information content (AvgIpc) is 3.52. The molecule has 0 spiro atoms. The molecular formula is C29H35N3O3. The van der Waals surface area contributed by atoms with E-state index < -0.39 is 6.10 Å². The van der Waals surface area contributed by atoms with E-state index in [1.54, 1.807) is 6.26 Å². The molecule has 0 saturated heterocycles. The number of para-hydroxylation sites is 2. The summed E-state index contributed by atoms with van der Waals surface area (Å²) in [6.07, 6.45) is 4.90. The van der Waals surface area contributed by atoms with Crippen molar-refractivity contribution in [3.63, 3.8) is 0 Å². The lowest BCUT2D eigenvalue weighted by atomic mass is 10.1. The summed E-state index contributed by atoms with van der Waals surface area (Å²) < 4.78 is 14.0. The molecule has 1 unspecified atom stereocenters. The number of aliphatic hydroxyl groups excluding tert-OH is 1. The highest BCUT2D eigenvalue weighted by atomic mass is 16.5. The van der Waals surface area contributed by atoms with Crippen LogP contribution in [0, 0.1) is 0 Å². The van der Waals surface area contributed by atoms with Gasteiger partial charge in [-0.2, -0.15) is 5.10 Å². The van der Waals surface area contributed by atoms with Gasteiger partial charge >= 0.3 is 0 Å². The van der Waals surface area contributed by atoms with Crippen molar-refractivity contribution in [3.8, 4) is 17.3 Å². The third-order valence-corrected chi connectivity index (χ3v) is 6.01. The van der Waals surface area contributed by atoms with Gasteiger partial charge in [0.2, 0.25) is 5.88 Å². The van der Waals surface area contributed by atoms with Crippen molar-refractivity contribution in [1.29, 1.82) is 0 Å². The number of rotatable bonds is 13. The molecule has 0 saturated carbocycles. The Morgan fingerprint density at radius 2 is 1.71 bits per heavy atom. The number of furan rings is 1. The highest BCUT2D eigenvalue weighted by molar-refractivity contribution is 5.43. The molecule has 2 aromatic carbocycles. The highest BCUT2D eigenvalue weighted by Crippen LogP contribution is 2.32. The summed E-state index contributed by atoms with van der Waals surface area (Å²) in [6, 6.07) is 23.7. The number of aliphatic hydroxyl groups is 1. The maximum absolute atomic E-state index is 10.7. The fraction of sp³-hybridized carbons (Fsp3) is 0.345. The Kier molecular flexibility index (Phi) is 8.76. The molecule has 4 rings (SSSR count). The Morgan fingerprint density at radius 3 is 2.37 bits per heavy atom. The number of hydrogen-bond acceptors (Lipinski definition) is 5. The molecule has 1 N–H and O–H groups in total. The fourth-order valence-corrected chi connectivity index (χ4v) is 4.23. The Labute approximate surface area is 207 Å². The summed E-state index contributed by atoms with van der Waals surface area (Å²) in [5, 5.41) is 15.7. The summed E-state index contributed by atoms with van der Waals surface area (Å²) in [5.74, 6) is 2.33. The third-order valence-electron chi connectivity index (χ3n) is 6.01. The van der Waals surface area contributed by atoms with E-state index in [0.717, 1.165) is 54.1 Å². The lowest BCUT2D eigenvalue weighted by Gasteiger charge is -2.25. The number of aryl methyl sites for hydroxylation is 1. The summed E-state index contributed by atoms with van der Waals surface area (Å²) in [7, 11) is 0. The van der Waals surface area contributed by atoms with E-state index in [4.69, 9.17) is 14.3 Å². The predicted octanol–water partition coefficient (Wildman–Crippen LogP) is 6.37. The molecule has 0 aliphatic rings. The molecule has 0 amide bonds. The first-order valence-electron chi connectivity index (χ1n) is 12.5. The quantitative estimate of drug-likeness (QED) is 0.244. The van der Waals surface area contributed by atoms with Crippen molar-refractivity contribution in [1.82, 2.24) is 14.7 Å². The molecule has 35 heavy (non-hydrogen) atoms. The summed E-state index contributed by atoms with van der Waals surface area (Å²) in [5.41, 5.74) is 2.95. The van der Waals surface area contributed by atoms with Crippen LogP contribution in [0.2, 0.25) is 0 Å². The van der Waals surface area contributed by atoms with Crippen LogP contribution in [0.4, 0.5) is 0 Å². The molecule has 184 valence electrons. The van der Waals surface area contributed by atoms with Gasteiger partial charge in [-0.1, -0.05) is 63.1 Å². The van der Waals surface area contributed by atoms with Gasteiger partial charge in [-0.05, 0) is 49.2 Å².